The van der Waals surface area contributed by atoms with Crippen LogP contribution in [0.3, 0.4) is 0 Å². The zero-order valence-corrected chi connectivity index (χ0v) is 9.54. The van der Waals surface area contributed by atoms with Crippen molar-refractivity contribution < 1.29 is 4.79 Å². The Kier molecular flexibility index (Phi) is 4.66. The van der Waals surface area contributed by atoms with Gasteiger partial charge in [-0.05, 0) is 24.5 Å². The number of amides is 1. The molecular weight excluding hydrogens is 210 g/mol. The van der Waals surface area contributed by atoms with Gasteiger partial charge in [0.25, 0.3) is 0 Å². The van der Waals surface area contributed by atoms with Gasteiger partial charge in [-0.25, -0.2) is 0 Å². The maximum Gasteiger partial charge on any atom is 0.241 e. The fraction of sp³-hybridized carbons (Fsp3) is 0.600. The predicted octanol–water partition coefficient (Wildman–Crippen LogP) is 0.357. The lowest BCUT2D eigenvalue weighted by molar-refractivity contribution is -0.132. The standard InChI is InChI=1S/C10H15N3OS/c1-15-6-4-9(12)10(14)13-5-2-3-8(13)7-11/h2-3,8-9H,4-6,12H2,1H3/t8-,9-/m0/s1. The minimum absolute atomic E-state index is 0.124. The van der Waals surface area contributed by atoms with Crippen LogP contribution in [0.1, 0.15) is 6.42 Å². The van der Waals surface area contributed by atoms with Gasteiger partial charge in [-0.2, -0.15) is 17.0 Å². The maximum atomic E-state index is 11.8. The number of hydrogen-bond donors (Lipinski definition) is 1. The highest BCUT2D eigenvalue weighted by molar-refractivity contribution is 7.98. The molecule has 15 heavy (non-hydrogen) atoms. The smallest absolute Gasteiger partial charge is 0.241 e. The van der Waals surface area contributed by atoms with Crippen molar-refractivity contribution in [1.29, 1.82) is 5.26 Å². The zero-order valence-electron chi connectivity index (χ0n) is 8.72. The van der Waals surface area contributed by atoms with Crippen LogP contribution in [0, 0.1) is 11.3 Å². The normalized spacial score (nSPS) is 21.4. The van der Waals surface area contributed by atoms with Gasteiger partial charge in [-0.15, -0.1) is 0 Å². The van der Waals surface area contributed by atoms with Gasteiger partial charge >= 0.3 is 0 Å². The van der Waals surface area contributed by atoms with Gasteiger partial charge in [0.2, 0.25) is 5.91 Å². The third kappa shape index (κ3) is 2.98. The Morgan fingerprint density at radius 1 is 1.87 bits per heavy atom. The van der Waals surface area contributed by atoms with E-state index in [1.54, 1.807) is 17.8 Å². The summed E-state index contributed by atoms with van der Waals surface area (Å²) in [6, 6.07) is 1.15. The Hall–Kier alpha value is -0.990. The van der Waals surface area contributed by atoms with E-state index in [1.807, 2.05) is 12.3 Å². The lowest BCUT2D eigenvalue weighted by Gasteiger charge is -2.23. The van der Waals surface area contributed by atoms with Crippen LogP contribution in [0.25, 0.3) is 0 Å². The fourth-order valence-corrected chi connectivity index (χ4v) is 1.93. The molecule has 0 aromatic heterocycles. The van der Waals surface area contributed by atoms with E-state index in [0.717, 1.165) is 5.75 Å². The Balaban J connectivity index is 2.50. The van der Waals surface area contributed by atoms with E-state index in [-0.39, 0.29) is 5.91 Å². The molecule has 1 heterocycles. The van der Waals surface area contributed by atoms with E-state index in [1.165, 1.54) is 4.90 Å². The number of nitrogens with two attached hydrogens (primary N) is 1. The van der Waals surface area contributed by atoms with E-state index in [4.69, 9.17) is 11.0 Å². The molecule has 0 aromatic carbocycles. The average Bonchev–Trinajstić information content (AvgIpc) is 2.72. The highest BCUT2D eigenvalue weighted by atomic mass is 32.2. The van der Waals surface area contributed by atoms with Crippen LogP contribution in [-0.2, 0) is 4.79 Å². The maximum absolute atomic E-state index is 11.8. The summed E-state index contributed by atoms with van der Waals surface area (Å²) in [5.41, 5.74) is 5.76. The molecule has 4 nitrogen and oxygen atoms in total. The molecule has 0 aliphatic carbocycles. The van der Waals surface area contributed by atoms with E-state index in [9.17, 15) is 4.79 Å². The van der Waals surface area contributed by atoms with Crippen LogP contribution in [0.15, 0.2) is 12.2 Å². The Bertz CT molecular complexity index is 298. The third-order valence-corrected chi connectivity index (χ3v) is 2.97. The van der Waals surface area contributed by atoms with Crippen molar-refractivity contribution in [1.82, 2.24) is 4.90 Å². The molecule has 0 saturated heterocycles. The summed E-state index contributed by atoms with van der Waals surface area (Å²) in [7, 11) is 0. The topological polar surface area (TPSA) is 70.1 Å². The number of carbonyl (C=O) groups is 1. The molecule has 82 valence electrons. The highest BCUT2D eigenvalue weighted by Crippen LogP contribution is 2.11. The molecule has 0 spiro atoms. The summed E-state index contributed by atoms with van der Waals surface area (Å²) in [6.45, 7) is 0.504. The molecule has 2 N–H and O–H groups in total. The van der Waals surface area contributed by atoms with Crippen LogP contribution in [0.4, 0.5) is 0 Å². The molecule has 0 fully saturated rings. The quantitative estimate of drug-likeness (QED) is 0.701. The molecule has 0 radical (unpaired) electrons. The fourth-order valence-electron chi connectivity index (χ4n) is 1.44. The summed E-state index contributed by atoms with van der Waals surface area (Å²) >= 11 is 1.67. The van der Waals surface area contributed by atoms with E-state index >= 15 is 0 Å². The van der Waals surface area contributed by atoms with Crippen molar-refractivity contribution in [3.05, 3.63) is 12.2 Å². The minimum atomic E-state index is -0.479. The van der Waals surface area contributed by atoms with Crippen molar-refractivity contribution in [3.8, 4) is 6.07 Å². The number of hydrogen-bond acceptors (Lipinski definition) is 4. The number of carbonyl (C=O) groups excluding carboxylic acids is 1. The van der Waals surface area contributed by atoms with E-state index < -0.39 is 12.1 Å². The first-order valence-electron chi connectivity index (χ1n) is 4.82. The lowest BCUT2D eigenvalue weighted by atomic mass is 10.2. The molecule has 0 bridgehead atoms. The number of thioether (sulfide) groups is 1. The van der Waals surface area contributed by atoms with Crippen molar-refractivity contribution in [3.63, 3.8) is 0 Å². The molecule has 0 aromatic rings. The van der Waals surface area contributed by atoms with Gasteiger partial charge in [-0.1, -0.05) is 6.08 Å². The van der Waals surface area contributed by atoms with Crippen molar-refractivity contribution in [2.24, 2.45) is 5.73 Å². The van der Waals surface area contributed by atoms with Crippen molar-refractivity contribution in [2.75, 3.05) is 18.6 Å². The Labute approximate surface area is 94.1 Å². The van der Waals surface area contributed by atoms with Crippen LogP contribution < -0.4 is 5.73 Å². The first-order valence-corrected chi connectivity index (χ1v) is 6.21. The molecular formula is C10H15N3OS. The molecule has 0 saturated carbocycles. The number of rotatable bonds is 4. The monoisotopic (exact) mass is 225 g/mol. The molecule has 1 amide bonds. The molecule has 5 heteroatoms. The SMILES string of the molecule is CSCC[C@H](N)C(=O)N1CC=C[C@H]1C#N. The number of nitrogens with zero attached hydrogens (tertiary/aromatic N) is 2. The van der Waals surface area contributed by atoms with Crippen LogP contribution in [-0.4, -0.2) is 41.4 Å². The zero-order chi connectivity index (χ0) is 11.3. The van der Waals surface area contributed by atoms with Gasteiger partial charge in [0.05, 0.1) is 12.1 Å². The van der Waals surface area contributed by atoms with Gasteiger partial charge in [-0.3, -0.25) is 4.79 Å². The summed E-state index contributed by atoms with van der Waals surface area (Å²) in [4.78, 5) is 13.3. The van der Waals surface area contributed by atoms with E-state index in [2.05, 4.69) is 6.07 Å². The second-order valence-electron chi connectivity index (χ2n) is 3.38. The lowest BCUT2D eigenvalue weighted by Crippen LogP contribution is -2.46. The van der Waals surface area contributed by atoms with Crippen molar-refractivity contribution >= 4 is 17.7 Å². The van der Waals surface area contributed by atoms with Gasteiger partial charge in [0.15, 0.2) is 0 Å². The molecule has 1 aliphatic heterocycles. The second-order valence-corrected chi connectivity index (χ2v) is 4.37. The molecule has 1 aliphatic rings. The molecule has 2 atom stereocenters. The summed E-state index contributed by atoms with van der Waals surface area (Å²) < 4.78 is 0. The summed E-state index contributed by atoms with van der Waals surface area (Å²) in [5, 5.41) is 8.80. The van der Waals surface area contributed by atoms with Crippen LogP contribution in [0.5, 0.6) is 0 Å². The Morgan fingerprint density at radius 2 is 2.60 bits per heavy atom. The van der Waals surface area contributed by atoms with Gasteiger partial charge < -0.3 is 10.6 Å². The largest absolute Gasteiger partial charge is 0.320 e. The van der Waals surface area contributed by atoms with Gasteiger partial charge in [0, 0.05) is 6.54 Å². The molecule has 0 unspecified atom stereocenters. The average molecular weight is 225 g/mol. The minimum Gasteiger partial charge on any atom is -0.320 e. The highest BCUT2D eigenvalue weighted by Gasteiger charge is 2.27. The second kappa shape index (κ2) is 5.79. The van der Waals surface area contributed by atoms with Gasteiger partial charge in [0.1, 0.15) is 6.04 Å². The van der Waals surface area contributed by atoms with E-state index in [0.29, 0.717) is 13.0 Å². The summed E-state index contributed by atoms with van der Waals surface area (Å²) in [5.74, 6) is 0.742. The van der Waals surface area contributed by atoms with Crippen LogP contribution in [0.2, 0.25) is 0 Å². The van der Waals surface area contributed by atoms with Crippen LogP contribution >= 0.6 is 11.8 Å². The first kappa shape index (κ1) is 12.1. The van der Waals surface area contributed by atoms with Crippen molar-refractivity contribution in [2.45, 2.75) is 18.5 Å². The molecule has 1 rings (SSSR count). The predicted molar refractivity (Wildman–Crippen MR) is 61.2 cm³/mol. The number of nitriles is 1. The first-order chi connectivity index (χ1) is 7.20. The summed E-state index contributed by atoms with van der Waals surface area (Å²) in [6.07, 6.45) is 6.20. The third-order valence-electron chi connectivity index (χ3n) is 2.32. The Morgan fingerprint density at radius 3 is 3.20 bits per heavy atom.